The van der Waals surface area contributed by atoms with Crippen molar-refractivity contribution in [3.8, 4) is 0 Å². The molecule has 3 aromatic carbocycles. The molecular formula is C21H15N5O7. The molecule has 0 atom stereocenters. The Balaban J connectivity index is 1.63. The minimum absolute atomic E-state index is 0.312. The Morgan fingerprint density at radius 3 is 1.97 bits per heavy atom. The van der Waals surface area contributed by atoms with Gasteiger partial charge in [0, 0.05) is 17.7 Å². The van der Waals surface area contributed by atoms with E-state index in [1.807, 2.05) is 6.92 Å². The number of nitrogens with zero attached hydrogens (tertiary/aromatic N) is 4. The van der Waals surface area contributed by atoms with Crippen molar-refractivity contribution in [1.82, 2.24) is 0 Å². The molecule has 0 unspecified atom stereocenters. The molecule has 0 saturated carbocycles. The highest BCUT2D eigenvalue weighted by Gasteiger charge is 2.21. The van der Waals surface area contributed by atoms with Gasteiger partial charge in [0.1, 0.15) is 0 Å². The summed E-state index contributed by atoms with van der Waals surface area (Å²) in [6, 6.07) is 15.3. The van der Waals surface area contributed by atoms with E-state index in [-0.39, 0.29) is 5.56 Å². The molecule has 1 N–H and O–H groups in total. The first-order valence-corrected chi connectivity index (χ1v) is 9.27. The molecule has 0 radical (unpaired) electrons. The maximum atomic E-state index is 12.2. The Bertz CT molecular complexity index is 1220. The number of hydrogen-bond donors (Lipinski definition) is 1. The summed E-state index contributed by atoms with van der Waals surface area (Å²) in [4.78, 5) is 49.2. The van der Waals surface area contributed by atoms with Crippen LogP contribution >= 0.6 is 0 Å². The molecule has 12 heteroatoms. The molecule has 12 nitrogen and oxygen atoms in total. The Morgan fingerprint density at radius 1 is 0.848 bits per heavy atom. The second kappa shape index (κ2) is 9.87. The maximum Gasteiger partial charge on any atom is 0.363 e. The van der Waals surface area contributed by atoms with Crippen LogP contribution in [0.5, 0.6) is 0 Å². The Labute approximate surface area is 185 Å². The first-order chi connectivity index (χ1) is 15.7. The van der Waals surface area contributed by atoms with E-state index in [4.69, 9.17) is 4.84 Å². The van der Waals surface area contributed by atoms with Gasteiger partial charge in [-0.1, -0.05) is 17.7 Å². The van der Waals surface area contributed by atoms with Crippen molar-refractivity contribution in [2.75, 3.05) is 5.48 Å². The molecule has 0 spiro atoms. The highest BCUT2D eigenvalue weighted by molar-refractivity contribution is 5.94. The highest BCUT2D eigenvalue weighted by atomic mass is 16.7. The first-order valence-electron chi connectivity index (χ1n) is 9.27. The number of aryl methyl sites for hydroxylation is 1. The zero-order valence-electron chi connectivity index (χ0n) is 17.0. The molecule has 0 aliphatic heterocycles. The summed E-state index contributed by atoms with van der Waals surface area (Å²) in [6.07, 6.45) is 0. The average molecular weight is 449 g/mol. The van der Waals surface area contributed by atoms with Crippen LogP contribution in [0.1, 0.15) is 26.3 Å². The fraction of sp³-hybridized carbons (Fsp3) is 0.0476. The zero-order chi connectivity index (χ0) is 24.0. The number of carbonyl (C=O) groups is 2. The van der Waals surface area contributed by atoms with Gasteiger partial charge in [-0.15, -0.1) is 10.2 Å². The molecule has 166 valence electrons. The molecule has 3 aromatic rings. The smallest absolute Gasteiger partial charge is 0.338 e. The van der Waals surface area contributed by atoms with E-state index in [9.17, 15) is 29.8 Å². The third-order valence-electron chi connectivity index (χ3n) is 4.24. The van der Waals surface area contributed by atoms with E-state index in [2.05, 4.69) is 15.7 Å². The number of nitro groups is 2. The standard InChI is InChI=1S/C21H15N5O7/c1-13-2-4-14(5-3-13)20(27)23-22-16-6-8-17(9-7-16)24-33-21(28)15-10-18(25(29)30)12-19(11-15)26(31)32/h2-12,24H,1H3. The monoisotopic (exact) mass is 449 g/mol. The van der Waals surface area contributed by atoms with Gasteiger partial charge in [-0.3, -0.25) is 25.0 Å². The van der Waals surface area contributed by atoms with Crippen LogP contribution in [0.3, 0.4) is 0 Å². The van der Waals surface area contributed by atoms with Gasteiger partial charge >= 0.3 is 5.97 Å². The molecule has 0 saturated heterocycles. The second-order valence-electron chi connectivity index (χ2n) is 6.66. The summed E-state index contributed by atoms with van der Waals surface area (Å²) in [5, 5.41) is 29.4. The number of hydrogen-bond acceptors (Lipinski definition) is 9. The van der Waals surface area contributed by atoms with Gasteiger partial charge in [-0.2, -0.15) is 0 Å². The van der Waals surface area contributed by atoms with Crippen molar-refractivity contribution in [2.24, 2.45) is 10.2 Å². The van der Waals surface area contributed by atoms with Gasteiger partial charge in [0.05, 0.1) is 32.9 Å². The molecule has 33 heavy (non-hydrogen) atoms. The topological polar surface area (TPSA) is 166 Å². The van der Waals surface area contributed by atoms with Crippen molar-refractivity contribution in [2.45, 2.75) is 6.92 Å². The lowest BCUT2D eigenvalue weighted by atomic mass is 10.1. The Kier molecular flexibility index (Phi) is 6.78. The molecular weight excluding hydrogens is 434 g/mol. The van der Waals surface area contributed by atoms with Crippen LogP contribution in [0, 0.1) is 27.2 Å². The van der Waals surface area contributed by atoms with Gasteiger partial charge in [0.2, 0.25) is 0 Å². The predicted molar refractivity (Wildman–Crippen MR) is 115 cm³/mol. The number of nitro benzene ring substituents is 2. The Morgan fingerprint density at radius 2 is 1.42 bits per heavy atom. The lowest BCUT2D eigenvalue weighted by Crippen LogP contribution is -2.11. The van der Waals surface area contributed by atoms with Crippen molar-refractivity contribution in [3.05, 3.63) is 104 Å². The van der Waals surface area contributed by atoms with E-state index in [1.165, 1.54) is 24.3 Å². The van der Waals surface area contributed by atoms with Crippen LogP contribution in [0.15, 0.2) is 77.0 Å². The molecule has 0 fully saturated rings. The number of anilines is 1. The number of rotatable bonds is 7. The number of nitrogens with one attached hydrogen (secondary N) is 1. The van der Waals surface area contributed by atoms with Gasteiger partial charge in [0.25, 0.3) is 17.3 Å². The van der Waals surface area contributed by atoms with Crippen molar-refractivity contribution < 1.29 is 24.3 Å². The van der Waals surface area contributed by atoms with Crippen molar-refractivity contribution in [3.63, 3.8) is 0 Å². The quantitative estimate of drug-likeness (QED) is 0.301. The van der Waals surface area contributed by atoms with Gasteiger partial charge in [-0.05, 0) is 43.3 Å². The summed E-state index contributed by atoms with van der Waals surface area (Å²) in [6.45, 7) is 1.90. The Hall–Kier alpha value is -5.00. The number of carbonyl (C=O) groups excluding carboxylic acids is 2. The summed E-state index contributed by atoms with van der Waals surface area (Å²) < 4.78 is 0. The third-order valence-corrected chi connectivity index (χ3v) is 4.24. The van der Waals surface area contributed by atoms with E-state index in [0.29, 0.717) is 16.9 Å². The van der Waals surface area contributed by atoms with E-state index in [0.717, 1.165) is 23.8 Å². The van der Waals surface area contributed by atoms with E-state index < -0.39 is 33.1 Å². The summed E-state index contributed by atoms with van der Waals surface area (Å²) in [5.74, 6) is -1.56. The molecule has 1 amide bonds. The summed E-state index contributed by atoms with van der Waals surface area (Å²) in [5.41, 5.74) is 2.81. The van der Waals surface area contributed by atoms with Crippen LogP contribution in [-0.4, -0.2) is 21.7 Å². The number of amides is 1. The van der Waals surface area contributed by atoms with Gasteiger partial charge < -0.3 is 4.84 Å². The number of benzene rings is 3. The number of non-ortho nitro benzene ring substituents is 2. The predicted octanol–water partition coefficient (Wildman–Crippen LogP) is 4.92. The molecule has 0 heterocycles. The largest absolute Gasteiger partial charge is 0.363 e. The molecule has 0 aliphatic rings. The average Bonchev–Trinajstić information content (AvgIpc) is 2.81. The lowest BCUT2D eigenvalue weighted by molar-refractivity contribution is -0.394. The fourth-order valence-corrected chi connectivity index (χ4v) is 2.54. The summed E-state index contributed by atoms with van der Waals surface area (Å²) >= 11 is 0. The summed E-state index contributed by atoms with van der Waals surface area (Å²) in [7, 11) is 0. The van der Waals surface area contributed by atoms with Crippen molar-refractivity contribution in [1.29, 1.82) is 0 Å². The van der Waals surface area contributed by atoms with Crippen LogP contribution in [0.25, 0.3) is 0 Å². The van der Waals surface area contributed by atoms with E-state index >= 15 is 0 Å². The third kappa shape index (κ3) is 6.01. The van der Waals surface area contributed by atoms with Gasteiger partial charge in [0.15, 0.2) is 0 Å². The zero-order valence-corrected chi connectivity index (χ0v) is 17.0. The lowest BCUT2D eigenvalue weighted by Gasteiger charge is -2.07. The first kappa shape index (κ1) is 22.7. The molecule has 0 aliphatic carbocycles. The normalized spacial score (nSPS) is 10.6. The SMILES string of the molecule is Cc1ccc(C(=O)N=Nc2ccc(NOC(=O)c3cc([N+](=O)[O-])cc([N+](=O)[O-])c3)cc2)cc1. The highest BCUT2D eigenvalue weighted by Crippen LogP contribution is 2.24. The minimum atomic E-state index is -1.06. The molecule has 3 rings (SSSR count). The van der Waals surface area contributed by atoms with Crippen LogP contribution in [0.2, 0.25) is 0 Å². The van der Waals surface area contributed by atoms with Crippen molar-refractivity contribution >= 4 is 34.6 Å². The maximum absolute atomic E-state index is 12.2. The van der Waals surface area contributed by atoms with E-state index in [1.54, 1.807) is 24.3 Å². The molecule has 0 aromatic heterocycles. The van der Waals surface area contributed by atoms with Crippen LogP contribution < -0.4 is 5.48 Å². The van der Waals surface area contributed by atoms with Crippen LogP contribution in [0.4, 0.5) is 22.7 Å². The number of azo groups is 1. The minimum Gasteiger partial charge on any atom is -0.338 e. The van der Waals surface area contributed by atoms with Gasteiger partial charge in [-0.25, -0.2) is 10.3 Å². The molecule has 0 bridgehead atoms. The second-order valence-corrected chi connectivity index (χ2v) is 6.66. The van der Waals surface area contributed by atoms with Crippen LogP contribution in [-0.2, 0) is 4.84 Å². The fourth-order valence-electron chi connectivity index (χ4n) is 2.54.